The molecule has 3 aromatic rings. The van der Waals surface area contributed by atoms with Gasteiger partial charge >= 0.3 is 5.97 Å². The summed E-state index contributed by atoms with van der Waals surface area (Å²) < 4.78 is 11.1. The summed E-state index contributed by atoms with van der Waals surface area (Å²) in [6.07, 6.45) is -0.877. The molecule has 0 bridgehead atoms. The van der Waals surface area contributed by atoms with Crippen LogP contribution in [-0.2, 0) is 16.1 Å². The van der Waals surface area contributed by atoms with E-state index < -0.39 is 18.0 Å². The number of aryl methyl sites for hydroxylation is 1. The molecule has 170 valence electrons. The number of carbonyl (C=O) groups is 2. The number of thiazole rings is 1. The SMILES string of the molecule is Cc1nc(COc2ccc(Cl)cc2)sc1C(=O)OC(C)C(=O)N(CCC#N)c1ccccc1. The Morgan fingerprint density at radius 3 is 2.55 bits per heavy atom. The smallest absolute Gasteiger partial charge is 0.351 e. The number of amides is 1. The molecule has 0 fully saturated rings. The van der Waals surface area contributed by atoms with Crippen LogP contribution >= 0.6 is 22.9 Å². The predicted molar refractivity (Wildman–Crippen MR) is 127 cm³/mol. The molecule has 3 rings (SSSR count). The number of nitrogens with zero attached hydrogens (tertiary/aromatic N) is 3. The lowest BCUT2D eigenvalue weighted by atomic mass is 10.2. The summed E-state index contributed by atoms with van der Waals surface area (Å²) in [5.41, 5.74) is 1.14. The fourth-order valence-corrected chi connectivity index (χ4v) is 3.99. The summed E-state index contributed by atoms with van der Waals surface area (Å²) in [5, 5.41) is 10.2. The molecule has 0 N–H and O–H groups in total. The van der Waals surface area contributed by atoms with Crippen LogP contribution in [0.15, 0.2) is 54.6 Å². The highest BCUT2D eigenvalue weighted by atomic mass is 35.5. The lowest BCUT2D eigenvalue weighted by Crippen LogP contribution is -2.40. The number of hydrogen-bond acceptors (Lipinski definition) is 7. The van der Waals surface area contributed by atoms with E-state index in [1.165, 1.54) is 11.8 Å². The van der Waals surface area contributed by atoms with Crippen LogP contribution in [-0.4, -0.2) is 29.5 Å². The zero-order valence-electron chi connectivity index (χ0n) is 18.2. The second-order valence-electron chi connectivity index (χ2n) is 7.05. The minimum Gasteiger partial charge on any atom is -0.486 e. The first-order valence-corrected chi connectivity index (χ1v) is 11.4. The molecule has 1 aromatic heterocycles. The third-order valence-corrected chi connectivity index (χ3v) is 5.98. The molecule has 0 aliphatic carbocycles. The van der Waals surface area contributed by atoms with Crippen LogP contribution in [0.2, 0.25) is 5.02 Å². The van der Waals surface area contributed by atoms with E-state index in [1.54, 1.807) is 55.5 Å². The lowest BCUT2D eigenvalue weighted by Gasteiger charge is -2.25. The summed E-state index contributed by atoms with van der Waals surface area (Å²) in [6.45, 7) is 3.61. The van der Waals surface area contributed by atoms with Crippen molar-refractivity contribution in [2.75, 3.05) is 11.4 Å². The van der Waals surface area contributed by atoms with Crippen LogP contribution in [0, 0.1) is 18.3 Å². The van der Waals surface area contributed by atoms with Gasteiger partial charge < -0.3 is 14.4 Å². The average Bonchev–Trinajstić information content (AvgIpc) is 3.20. The number of para-hydroxylation sites is 1. The number of ether oxygens (including phenoxy) is 2. The highest BCUT2D eigenvalue weighted by Gasteiger charge is 2.27. The van der Waals surface area contributed by atoms with Crippen LogP contribution in [0.5, 0.6) is 5.75 Å². The highest BCUT2D eigenvalue weighted by Crippen LogP contribution is 2.23. The van der Waals surface area contributed by atoms with Gasteiger partial charge in [-0.2, -0.15) is 5.26 Å². The second-order valence-corrected chi connectivity index (χ2v) is 8.57. The molecule has 0 aliphatic heterocycles. The summed E-state index contributed by atoms with van der Waals surface area (Å²) in [6, 6.07) is 17.9. The second kappa shape index (κ2) is 11.5. The zero-order valence-corrected chi connectivity index (χ0v) is 19.7. The summed E-state index contributed by atoms with van der Waals surface area (Å²) in [7, 11) is 0. The van der Waals surface area contributed by atoms with Crippen LogP contribution in [0.4, 0.5) is 5.69 Å². The Morgan fingerprint density at radius 1 is 1.18 bits per heavy atom. The van der Waals surface area contributed by atoms with Crippen molar-refractivity contribution in [3.8, 4) is 11.8 Å². The largest absolute Gasteiger partial charge is 0.486 e. The van der Waals surface area contributed by atoms with E-state index in [0.717, 1.165) is 11.3 Å². The van der Waals surface area contributed by atoms with Crippen molar-refractivity contribution in [2.24, 2.45) is 0 Å². The molecule has 0 radical (unpaired) electrons. The molecular formula is C24H22ClN3O4S. The van der Waals surface area contributed by atoms with Crippen molar-refractivity contribution in [3.63, 3.8) is 0 Å². The van der Waals surface area contributed by atoms with Crippen molar-refractivity contribution >= 4 is 40.5 Å². The first kappa shape index (κ1) is 24.2. The van der Waals surface area contributed by atoms with E-state index in [0.29, 0.717) is 32.0 Å². The number of halogens is 1. The van der Waals surface area contributed by atoms with Gasteiger partial charge in [0.25, 0.3) is 5.91 Å². The van der Waals surface area contributed by atoms with Crippen molar-refractivity contribution in [1.82, 2.24) is 4.98 Å². The van der Waals surface area contributed by atoms with Crippen LogP contribution in [0.3, 0.4) is 0 Å². The van der Waals surface area contributed by atoms with E-state index >= 15 is 0 Å². The topological polar surface area (TPSA) is 92.5 Å². The number of carbonyl (C=O) groups excluding carboxylic acids is 2. The van der Waals surface area contributed by atoms with E-state index in [9.17, 15) is 9.59 Å². The normalized spacial score (nSPS) is 11.3. The van der Waals surface area contributed by atoms with Gasteiger partial charge in [-0.3, -0.25) is 4.79 Å². The fraction of sp³-hybridized carbons (Fsp3) is 0.250. The molecule has 0 aliphatic rings. The quantitative estimate of drug-likeness (QED) is 0.389. The number of hydrogen-bond donors (Lipinski definition) is 0. The van der Waals surface area contributed by atoms with Gasteiger partial charge in [0.15, 0.2) is 6.10 Å². The van der Waals surface area contributed by atoms with Crippen molar-refractivity contribution in [2.45, 2.75) is 33.0 Å². The highest BCUT2D eigenvalue weighted by molar-refractivity contribution is 7.13. The van der Waals surface area contributed by atoms with Crippen molar-refractivity contribution < 1.29 is 19.1 Å². The first-order valence-electron chi connectivity index (χ1n) is 10.2. The number of anilines is 1. The van der Waals surface area contributed by atoms with Crippen LogP contribution in [0.1, 0.15) is 33.7 Å². The van der Waals surface area contributed by atoms with E-state index in [2.05, 4.69) is 4.98 Å². The van der Waals surface area contributed by atoms with Gasteiger partial charge in [0, 0.05) is 17.3 Å². The summed E-state index contributed by atoms with van der Waals surface area (Å²) in [4.78, 5) is 31.9. The molecule has 0 spiro atoms. The Labute approximate surface area is 201 Å². The number of esters is 1. The standard InChI is InChI=1S/C24H22ClN3O4S/c1-16-22(33-21(27-16)15-31-20-11-9-18(25)10-12-20)24(30)32-17(2)23(29)28(14-6-13-26)19-7-4-3-5-8-19/h3-5,7-12,17H,6,14-15H2,1-2H3. The van der Waals surface area contributed by atoms with E-state index in [-0.39, 0.29) is 19.6 Å². The number of rotatable bonds is 9. The molecule has 1 amide bonds. The van der Waals surface area contributed by atoms with Gasteiger partial charge in [-0.25, -0.2) is 9.78 Å². The number of nitriles is 1. The third-order valence-electron chi connectivity index (χ3n) is 4.61. The Bertz CT molecular complexity index is 1140. The van der Waals surface area contributed by atoms with Crippen LogP contribution in [0.25, 0.3) is 0 Å². The Kier molecular flexibility index (Phi) is 8.41. The van der Waals surface area contributed by atoms with Gasteiger partial charge in [-0.1, -0.05) is 29.8 Å². The zero-order chi connectivity index (χ0) is 23.8. The van der Waals surface area contributed by atoms with Gasteiger partial charge in [-0.05, 0) is 50.2 Å². The minimum atomic E-state index is -1.04. The van der Waals surface area contributed by atoms with Crippen molar-refractivity contribution in [3.05, 3.63) is 75.2 Å². The number of benzene rings is 2. The molecular weight excluding hydrogens is 462 g/mol. The Morgan fingerprint density at radius 2 is 1.88 bits per heavy atom. The fourth-order valence-electron chi connectivity index (χ4n) is 3.00. The van der Waals surface area contributed by atoms with Gasteiger partial charge in [0.1, 0.15) is 22.2 Å². The monoisotopic (exact) mass is 483 g/mol. The molecule has 33 heavy (non-hydrogen) atoms. The predicted octanol–water partition coefficient (Wildman–Crippen LogP) is 5.18. The Hall–Kier alpha value is -3.41. The molecule has 1 heterocycles. The molecule has 7 nitrogen and oxygen atoms in total. The number of aromatic nitrogens is 1. The lowest BCUT2D eigenvalue weighted by molar-refractivity contribution is -0.126. The average molecular weight is 484 g/mol. The maximum atomic E-state index is 13.0. The summed E-state index contributed by atoms with van der Waals surface area (Å²) in [5.74, 6) is -0.399. The molecule has 0 saturated heterocycles. The minimum absolute atomic E-state index is 0.159. The summed E-state index contributed by atoms with van der Waals surface area (Å²) >= 11 is 7.03. The molecule has 9 heteroatoms. The molecule has 2 aromatic carbocycles. The van der Waals surface area contributed by atoms with Crippen LogP contribution < -0.4 is 9.64 Å². The van der Waals surface area contributed by atoms with Gasteiger partial charge in [0.05, 0.1) is 18.2 Å². The van der Waals surface area contributed by atoms with Gasteiger partial charge in [-0.15, -0.1) is 11.3 Å². The van der Waals surface area contributed by atoms with Gasteiger partial charge in [0.2, 0.25) is 0 Å². The Balaban J connectivity index is 1.65. The molecule has 1 atom stereocenters. The molecule has 1 unspecified atom stereocenters. The maximum absolute atomic E-state index is 13.0. The van der Waals surface area contributed by atoms with E-state index in [4.69, 9.17) is 26.3 Å². The third kappa shape index (κ3) is 6.54. The first-order chi connectivity index (χ1) is 15.9. The molecule has 0 saturated carbocycles. The maximum Gasteiger partial charge on any atom is 0.351 e. The van der Waals surface area contributed by atoms with E-state index in [1.807, 2.05) is 12.1 Å². The van der Waals surface area contributed by atoms with Crippen molar-refractivity contribution in [1.29, 1.82) is 5.26 Å².